The van der Waals surface area contributed by atoms with Gasteiger partial charge in [-0.05, 0) is 55.7 Å². The molecule has 5 nitrogen and oxygen atoms in total. The van der Waals surface area contributed by atoms with Gasteiger partial charge < -0.3 is 15.5 Å². The van der Waals surface area contributed by atoms with Crippen LogP contribution in [0.4, 0.5) is 0 Å². The van der Waals surface area contributed by atoms with Crippen LogP contribution in [0.1, 0.15) is 73.7 Å². The Hall–Kier alpha value is -1.31. The number of aliphatic imine (C=N–C) groups is 1. The number of guanidine groups is 1. The lowest BCUT2D eigenvalue weighted by Gasteiger charge is -2.26. The Morgan fingerprint density at radius 2 is 1.72 bits per heavy atom. The molecule has 6 heteroatoms. The van der Waals surface area contributed by atoms with Crippen LogP contribution in [0.2, 0.25) is 0 Å². The Balaban J connectivity index is 0.00000300. The number of rotatable bonds is 7. The summed E-state index contributed by atoms with van der Waals surface area (Å²) in [6.07, 6.45) is 11.7. The van der Waals surface area contributed by atoms with E-state index in [0.717, 1.165) is 55.5 Å². The first-order valence-electron chi connectivity index (χ1n) is 11.1. The molecule has 0 atom stereocenters. The quantitative estimate of drug-likeness (QED) is 0.244. The average Bonchev–Trinajstić information content (AvgIpc) is 3.27. The third-order valence-electron chi connectivity index (χ3n) is 6.08. The van der Waals surface area contributed by atoms with Gasteiger partial charge in [-0.3, -0.25) is 9.79 Å². The molecule has 1 aliphatic carbocycles. The van der Waals surface area contributed by atoms with E-state index >= 15 is 0 Å². The molecule has 1 aromatic carbocycles. The summed E-state index contributed by atoms with van der Waals surface area (Å²) in [6.45, 7) is 3.47. The van der Waals surface area contributed by atoms with E-state index in [-0.39, 0.29) is 29.9 Å². The molecule has 0 bridgehead atoms. The maximum Gasteiger partial charge on any atom is 0.253 e. The number of halogens is 1. The molecule has 29 heavy (non-hydrogen) atoms. The van der Waals surface area contributed by atoms with E-state index in [1.165, 1.54) is 44.9 Å². The summed E-state index contributed by atoms with van der Waals surface area (Å²) in [7, 11) is 1.81. The molecule has 1 aliphatic heterocycles. The van der Waals surface area contributed by atoms with Crippen molar-refractivity contribution in [2.75, 3.05) is 26.7 Å². The molecule has 1 heterocycles. The van der Waals surface area contributed by atoms with Crippen molar-refractivity contribution in [2.45, 2.75) is 64.3 Å². The van der Waals surface area contributed by atoms with Gasteiger partial charge in [0.2, 0.25) is 0 Å². The maximum absolute atomic E-state index is 12.5. The topological polar surface area (TPSA) is 56.7 Å². The molecule has 2 aliphatic rings. The van der Waals surface area contributed by atoms with E-state index in [1.54, 1.807) is 0 Å². The third-order valence-corrected chi connectivity index (χ3v) is 6.08. The molecule has 1 saturated carbocycles. The molecular formula is C23H37IN4O. The van der Waals surface area contributed by atoms with Gasteiger partial charge in [0.1, 0.15) is 0 Å². The number of benzene rings is 1. The molecular weight excluding hydrogens is 475 g/mol. The van der Waals surface area contributed by atoms with Crippen LogP contribution in [-0.2, 0) is 6.54 Å². The van der Waals surface area contributed by atoms with Gasteiger partial charge in [-0.25, -0.2) is 0 Å². The van der Waals surface area contributed by atoms with Crippen molar-refractivity contribution in [3.63, 3.8) is 0 Å². The zero-order valence-corrected chi connectivity index (χ0v) is 20.1. The highest BCUT2D eigenvalue weighted by molar-refractivity contribution is 14.0. The molecule has 0 radical (unpaired) electrons. The molecule has 0 aromatic heterocycles. The maximum atomic E-state index is 12.5. The second kappa shape index (κ2) is 13.1. The average molecular weight is 512 g/mol. The molecule has 2 N–H and O–H groups in total. The van der Waals surface area contributed by atoms with Gasteiger partial charge in [0.25, 0.3) is 5.91 Å². The lowest BCUT2D eigenvalue weighted by molar-refractivity contribution is 0.0724. The number of likely N-dealkylation sites (tertiary alicyclic amines) is 1. The zero-order chi connectivity index (χ0) is 19.6. The van der Waals surface area contributed by atoms with Crippen LogP contribution in [-0.4, -0.2) is 43.4 Å². The molecule has 1 amide bonds. The predicted octanol–water partition coefficient (Wildman–Crippen LogP) is 4.57. The fraction of sp³-hybridized carbons (Fsp3) is 0.652. The van der Waals surface area contributed by atoms with Crippen LogP contribution in [0.15, 0.2) is 29.3 Å². The number of nitrogens with zero attached hydrogens (tertiary/aromatic N) is 2. The summed E-state index contributed by atoms with van der Waals surface area (Å²) in [5.74, 6) is 1.96. The Morgan fingerprint density at radius 1 is 1.03 bits per heavy atom. The van der Waals surface area contributed by atoms with E-state index in [9.17, 15) is 4.79 Å². The fourth-order valence-corrected chi connectivity index (χ4v) is 4.35. The number of hydrogen-bond donors (Lipinski definition) is 2. The lowest BCUT2D eigenvalue weighted by atomic mass is 10.0. The van der Waals surface area contributed by atoms with Gasteiger partial charge in [-0.1, -0.05) is 37.8 Å². The van der Waals surface area contributed by atoms with E-state index in [4.69, 9.17) is 0 Å². The van der Waals surface area contributed by atoms with Crippen LogP contribution in [0.25, 0.3) is 0 Å². The number of amides is 1. The van der Waals surface area contributed by atoms with Crippen molar-refractivity contribution in [3.8, 4) is 0 Å². The van der Waals surface area contributed by atoms with Crippen LogP contribution < -0.4 is 10.6 Å². The molecule has 2 fully saturated rings. The molecule has 0 spiro atoms. The van der Waals surface area contributed by atoms with E-state index in [0.29, 0.717) is 6.54 Å². The summed E-state index contributed by atoms with van der Waals surface area (Å²) in [4.78, 5) is 18.8. The van der Waals surface area contributed by atoms with E-state index < -0.39 is 0 Å². The number of carbonyl (C=O) groups excluding carboxylic acids is 1. The molecule has 0 unspecified atom stereocenters. The van der Waals surface area contributed by atoms with Crippen molar-refractivity contribution in [1.82, 2.24) is 15.5 Å². The minimum atomic E-state index is 0. The minimum absolute atomic E-state index is 0. The van der Waals surface area contributed by atoms with Crippen molar-refractivity contribution in [3.05, 3.63) is 35.4 Å². The first-order chi connectivity index (χ1) is 13.8. The standard InChI is InChI=1S/C23H36N4O.HI/c1-24-23(25-15-7-10-19-8-3-4-9-19)26-18-20-11-13-21(14-12-20)22(28)27-16-5-2-6-17-27;/h11-14,19H,2-10,15-18H2,1H3,(H2,24,25,26);1H. The third kappa shape index (κ3) is 7.79. The van der Waals surface area contributed by atoms with Gasteiger partial charge >= 0.3 is 0 Å². The first-order valence-corrected chi connectivity index (χ1v) is 11.1. The van der Waals surface area contributed by atoms with Crippen molar-refractivity contribution in [1.29, 1.82) is 0 Å². The van der Waals surface area contributed by atoms with Crippen molar-refractivity contribution >= 4 is 35.8 Å². The van der Waals surface area contributed by atoms with E-state index in [2.05, 4.69) is 15.6 Å². The summed E-state index contributed by atoms with van der Waals surface area (Å²) in [5, 5.41) is 6.78. The second-order valence-electron chi connectivity index (χ2n) is 8.20. The Morgan fingerprint density at radius 3 is 2.38 bits per heavy atom. The van der Waals surface area contributed by atoms with Crippen molar-refractivity contribution in [2.24, 2.45) is 10.9 Å². The molecule has 162 valence electrons. The summed E-state index contributed by atoms with van der Waals surface area (Å²) in [5.41, 5.74) is 1.95. The van der Waals surface area contributed by atoms with Gasteiger partial charge in [0.15, 0.2) is 5.96 Å². The minimum Gasteiger partial charge on any atom is -0.356 e. The molecule has 1 aromatic rings. The number of piperidine rings is 1. The monoisotopic (exact) mass is 512 g/mol. The van der Waals surface area contributed by atoms with Gasteiger partial charge in [0, 0.05) is 38.8 Å². The normalized spacial score (nSPS) is 17.7. The number of nitrogens with one attached hydrogen (secondary N) is 2. The van der Waals surface area contributed by atoms with Crippen LogP contribution in [0.5, 0.6) is 0 Å². The highest BCUT2D eigenvalue weighted by atomic mass is 127. The van der Waals surface area contributed by atoms with Gasteiger partial charge in [-0.15, -0.1) is 24.0 Å². The van der Waals surface area contributed by atoms with Gasteiger partial charge in [-0.2, -0.15) is 0 Å². The summed E-state index contributed by atoms with van der Waals surface area (Å²) in [6, 6.07) is 7.98. The van der Waals surface area contributed by atoms with Crippen molar-refractivity contribution < 1.29 is 4.79 Å². The Kier molecular flexibility index (Phi) is 10.8. The van der Waals surface area contributed by atoms with Crippen LogP contribution in [0, 0.1) is 5.92 Å². The first kappa shape index (κ1) is 24.0. The van der Waals surface area contributed by atoms with Crippen LogP contribution >= 0.6 is 24.0 Å². The lowest BCUT2D eigenvalue weighted by Crippen LogP contribution is -2.37. The number of hydrogen-bond acceptors (Lipinski definition) is 2. The van der Waals surface area contributed by atoms with Gasteiger partial charge in [0.05, 0.1) is 0 Å². The largest absolute Gasteiger partial charge is 0.356 e. The summed E-state index contributed by atoms with van der Waals surface area (Å²) < 4.78 is 0. The van der Waals surface area contributed by atoms with Crippen LogP contribution in [0.3, 0.4) is 0 Å². The Bertz CT molecular complexity index is 635. The predicted molar refractivity (Wildman–Crippen MR) is 131 cm³/mol. The molecule has 3 rings (SSSR count). The second-order valence-corrected chi connectivity index (χ2v) is 8.20. The smallest absolute Gasteiger partial charge is 0.253 e. The Labute approximate surface area is 193 Å². The SMILES string of the molecule is CN=C(NCCCC1CCCC1)NCc1ccc(C(=O)N2CCCCC2)cc1.I. The number of carbonyl (C=O) groups is 1. The highest BCUT2D eigenvalue weighted by Gasteiger charge is 2.18. The highest BCUT2D eigenvalue weighted by Crippen LogP contribution is 2.28. The van der Waals surface area contributed by atoms with E-state index in [1.807, 2.05) is 36.2 Å². The molecule has 1 saturated heterocycles. The summed E-state index contributed by atoms with van der Waals surface area (Å²) >= 11 is 0. The fourth-order valence-electron chi connectivity index (χ4n) is 4.35. The zero-order valence-electron chi connectivity index (χ0n) is 17.8.